The number of urea groups is 1. The smallest absolute Gasteiger partial charge is 0.341 e. The van der Waals surface area contributed by atoms with Crippen molar-refractivity contribution >= 4 is 24.1 Å². The molecule has 2 saturated heterocycles. The van der Waals surface area contributed by atoms with Crippen LogP contribution in [-0.2, 0) is 4.74 Å². The number of anilines is 1. The van der Waals surface area contributed by atoms with E-state index in [-0.39, 0.29) is 17.6 Å². The number of carbonyl (C=O) groups excluding carboxylic acids is 2. The molecule has 202 valence electrons. The molecular formula is C25H30F2N8O3. The second-order valence-electron chi connectivity index (χ2n) is 9.31. The van der Waals surface area contributed by atoms with Crippen molar-refractivity contribution in [2.45, 2.75) is 12.5 Å². The molecule has 0 saturated carbocycles. The summed E-state index contributed by atoms with van der Waals surface area (Å²) < 4.78 is 32.8. The number of hydrogen-bond acceptors (Lipinski definition) is 8. The predicted octanol–water partition coefficient (Wildman–Crippen LogP) is 1.49. The minimum Gasteiger partial charge on any atom is -0.379 e. The fraction of sp³-hybridized carbons (Fsp3) is 0.480. The number of amides is 3. The normalized spacial score (nSPS) is 20.2. The number of halogens is 2. The van der Waals surface area contributed by atoms with Crippen LogP contribution in [0.2, 0.25) is 0 Å². The molecule has 2 fully saturated rings. The molecule has 5 rings (SSSR count). The van der Waals surface area contributed by atoms with Crippen LogP contribution in [0, 0.1) is 11.6 Å². The number of ether oxygens (including phenoxy) is 1. The van der Waals surface area contributed by atoms with E-state index in [0.717, 1.165) is 25.7 Å². The van der Waals surface area contributed by atoms with Crippen molar-refractivity contribution in [1.29, 1.82) is 0 Å². The zero-order valence-corrected chi connectivity index (χ0v) is 20.9. The van der Waals surface area contributed by atoms with Crippen LogP contribution in [0.25, 0.3) is 0 Å². The lowest BCUT2D eigenvalue weighted by Crippen LogP contribution is -2.52. The van der Waals surface area contributed by atoms with Gasteiger partial charge in [0, 0.05) is 77.3 Å². The monoisotopic (exact) mass is 528 g/mol. The van der Waals surface area contributed by atoms with Gasteiger partial charge >= 0.3 is 6.03 Å². The fourth-order valence-electron chi connectivity index (χ4n) is 4.76. The van der Waals surface area contributed by atoms with Gasteiger partial charge in [-0.1, -0.05) is 0 Å². The summed E-state index contributed by atoms with van der Waals surface area (Å²) in [6.45, 7) is 6.09. The summed E-state index contributed by atoms with van der Waals surface area (Å²) >= 11 is 0. The van der Waals surface area contributed by atoms with E-state index in [9.17, 15) is 18.4 Å². The molecule has 11 nitrogen and oxygen atoms in total. The molecule has 1 aromatic heterocycles. The zero-order chi connectivity index (χ0) is 26.5. The second kappa shape index (κ2) is 11.8. The lowest BCUT2D eigenvalue weighted by atomic mass is 10.0. The Hall–Kier alpha value is -3.71. The minimum absolute atomic E-state index is 0.262. The van der Waals surface area contributed by atoms with Crippen LogP contribution in [0.3, 0.4) is 0 Å². The summed E-state index contributed by atoms with van der Waals surface area (Å²) in [6, 6.07) is 3.94. The van der Waals surface area contributed by atoms with E-state index >= 15 is 0 Å². The molecule has 2 aromatic rings. The SMILES string of the molecule is O=C(NCCN1CCOCC1)c1ccnc(N2CCN(C(=O)N3N=CCC3c3cc(F)cc(F)c3)CC2)n1. The molecule has 0 radical (unpaired) electrons. The van der Waals surface area contributed by atoms with Gasteiger partial charge in [-0.2, -0.15) is 5.10 Å². The third kappa shape index (κ3) is 6.05. The first kappa shape index (κ1) is 25.9. The molecule has 3 aliphatic heterocycles. The summed E-state index contributed by atoms with van der Waals surface area (Å²) in [5.41, 5.74) is 0.646. The number of benzene rings is 1. The first-order valence-corrected chi connectivity index (χ1v) is 12.7. The van der Waals surface area contributed by atoms with Gasteiger partial charge < -0.3 is 19.9 Å². The molecule has 0 aliphatic carbocycles. The summed E-state index contributed by atoms with van der Waals surface area (Å²) in [5, 5.41) is 8.36. The lowest BCUT2D eigenvalue weighted by Gasteiger charge is -2.37. The van der Waals surface area contributed by atoms with Crippen molar-refractivity contribution in [3.8, 4) is 0 Å². The summed E-state index contributed by atoms with van der Waals surface area (Å²) in [7, 11) is 0. The summed E-state index contributed by atoms with van der Waals surface area (Å²) in [5.74, 6) is -1.23. The van der Waals surface area contributed by atoms with Crippen molar-refractivity contribution in [2.75, 3.05) is 70.5 Å². The van der Waals surface area contributed by atoms with Crippen molar-refractivity contribution in [1.82, 2.24) is 30.1 Å². The number of carbonyl (C=O) groups is 2. The Labute approximate surface area is 219 Å². The topological polar surface area (TPSA) is 107 Å². The molecule has 1 unspecified atom stereocenters. The Balaban J connectivity index is 1.14. The van der Waals surface area contributed by atoms with Crippen molar-refractivity contribution in [2.24, 2.45) is 5.10 Å². The van der Waals surface area contributed by atoms with Gasteiger partial charge in [0.2, 0.25) is 5.95 Å². The third-order valence-corrected chi connectivity index (χ3v) is 6.82. The van der Waals surface area contributed by atoms with Crippen molar-refractivity contribution < 1.29 is 23.1 Å². The summed E-state index contributed by atoms with van der Waals surface area (Å²) in [6.07, 6.45) is 3.51. The van der Waals surface area contributed by atoms with Gasteiger partial charge in [-0.05, 0) is 23.8 Å². The summed E-state index contributed by atoms with van der Waals surface area (Å²) in [4.78, 5) is 40.4. The first-order chi connectivity index (χ1) is 18.5. The molecule has 3 aliphatic rings. The predicted molar refractivity (Wildman–Crippen MR) is 135 cm³/mol. The Morgan fingerprint density at radius 2 is 1.76 bits per heavy atom. The number of aromatic nitrogens is 2. The molecule has 1 aromatic carbocycles. The van der Waals surface area contributed by atoms with Crippen molar-refractivity contribution in [3.05, 3.63) is 53.4 Å². The molecule has 0 bridgehead atoms. The number of nitrogens with zero attached hydrogens (tertiary/aromatic N) is 7. The van der Waals surface area contributed by atoms with Gasteiger partial charge in [-0.15, -0.1) is 0 Å². The number of hydrazone groups is 1. The van der Waals surface area contributed by atoms with E-state index in [4.69, 9.17) is 4.74 Å². The Bertz CT molecular complexity index is 1160. The number of hydrogen-bond donors (Lipinski definition) is 1. The maximum Gasteiger partial charge on any atom is 0.341 e. The molecule has 0 spiro atoms. The molecular weight excluding hydrogens is 498 g/mol. The van der Waals surface area contributed by atoms with E-state index in [1.165, 1.54) is 17.1 Å². The number of nitrogens with one attached hydrogen (secondary N) is 1. The lowest BCUT2D eigenvalue weighted by molar-refractivity contribution is 0.0383. The van der Waals surface area contributed by atoms with Crippen LogP contribution in [0.4, 0.5) is 19.5 Å². The van der Waals surface area contributed by atoms with Crippen LogP contribution in [0.1, 0.15) is 28.5 Å². The van der Waals surface area contributed by atoms with Gasteiger partial charge in [0.1, 0.15) is 17.3 Å². The Kier molecular flexibility index (Phi) is 8.03. The zero-order valence-electron chi connectivity index (χ0n) is 20.9. The van der Waals surface area contributed by atoms with E-state index in [1.54, 1.807) is 23.4 Å². The largest absolute Gasteiger partial charge is 0.379 e. The Morgan fingerprint density at radius 3 is 2.50 bits per heavy atom. The highest BCUT2D eigenvalue weighted by Gasteiger charge is 2.34. The maximum absolute atomic E-state index is 13.7. The highest BCUT2D eigenvalue weighted by Crippen LogP contribution is 2.30. The van der Waals surface area contributed by atoms with Gasteiger partial charge in [0.15, 0.2) is 0 Å². The molecule has 13 heteroatoms. The maximum atomic E-state index is 13.7. The van der Waals surface area contributed by atoms with E-state index in [0.29, 0.717) is 63.9 Å². The number of piperazine rings is 1. The average Bonchev–Trinajstić information content (AvgIpc) is 3.43. The van der Waals surface area contributed by atoms with Crippen LogP contribution in [-0.4, -0.2) is 109 Å². The van der Waals surface area contributed by atoms with Crippen LogP contribution in [0.15, 0.2) is 35.6 Å². The molecule has 38 heavy (non-hydrogen) atoms. The second-order valence-corrected chi connectivity index (χ2v) is 9.31. The van der Waals surface area contributed by atoms with Gasteiger partial charge in [-0.25, -0.2) is 28.6 Å². The third-order valence-electron chi connectivity index (χ3n) is 6.82. The molecule has 4 heterocycles. The van der Waals surface area contributed by atoms with Gasteiger partial charge in [0.25, 0.3) is 5.91 Å². The van der Waals surface area contributed by atoms with Gasteiger partial charge in [-0.3, -0.25) is 9.69 Å². The van der Waals surface area contributed by atoms with E-state index in [1.807, 2.05) is 4.90 Å². The quantitative estimate of drug-likeness (QED) is 0.606. The molecule has 1 N–H and O–H groups in total. The van der Waals surface area contributed by atoms with Crippen LogP contribution < -0.4 is 10.2 Å². The highest BCUT2D eigenvalue weighted by atomic mass is 19.1. The van der Waals surface area contributed by atoms with Crippen molar-refractivity contribution in [3.63, 3.8) is 0 Å². The number of rotatable bonds is 6. The van der Waals surface area contributed by atoms with E-state index in [2.05, 4.69) is 25.3 Å². The minimum atomic E-state index is -0.694. The van der Waals surface area contributed by atoms with Crippen LogP contribution in [0.5, 0.6) is 0 Å². The first-order valence-electron chi connectivity index (χ1n) is 12.7. The van der Waals surface area contributed by atoms with E-state index < -0.39 is 17.7 Å². The Morgan fingerprint density at radius 1 is 1.03 bits per heavy atom. The molecule has 1 atom stereocenters. The molecule has 3 amide bonds. The standard InChI is InChI=1S/C25H30F2N8O3/c26-19-15-18(16-20(27)17-19)22-2-4-30-35(22)25(37)34-9-7-33(8-10-34)24-29-3-1-21(31-24)23(36)28-5-6-32-11-13-38-14-12-32/h1,3-4,15-17,22H,2,5-14H2,(H,28,36). The van der Waals surface area contributed by atoms with Crippen LogP contribution >= 0.6 is 0 Å². The fourth-order valence-corrected chi connectivity index (χ4v) is 4.76. The van der Waals surface area contributed by atoms with Gasteiger partial charge in [0.05, 0.1) is 19.3 Å². The highest BCUT2D eigenvalue weighted by molar-refractivity contribution is 5.92. The average molecular weight is 529 g/mol. The number of morpholine rings is 1.